The van der Waals surface area contributed by atoms with Crippen LogP contribution < -0.4 is 5.73 Å². The maximum atomic E-state index is 12.3. The number of hydrogen-bond donors (Lipinski definition) is 2. The summed E-state index contributed by atoms with van der Waals surface area (Å²) < 4.78 is 26.0. The van der Waals surface area contributed by atoms with Crippen molar-refractivity contribution in [3.05, 3.63) is 23.8 Å². The maximum Gasteiger partial charge on any atom is 0.243 e. The lowest BCUT2D eigenvalue weighted by atomic mass is 10.2. The van der Waals surface area contributed by atoms with Gasteiger partial charge in [-0.2, -0.15) is 4.31 Å². The molecule has 3 N–H and O–H groups in total. The number of aliphatic hydroxyl groups excluding tert-OH is 1. The van der Waals surface area contributed by atoms with Gasteiger partial charge in [0.25, 0.3) is 0 Å². The van der Waals surface area contributed by atoms with E-state index in [1.54, 1.807) is 19.1 Å². The molecule has 0 atom stereocenters. The van der Waals surface area contributed by atoms with E-state index in [1.165, 1.54) is 10.4 Å². The van der Waals surface area contributed by atoms with Gasteiger partial charge in [-0.05, 0) is 31.0 Å². The van der Waals surface area contributed by atoms with E-state index >= 15 is 0 Å². The quantitative estimate of drug-likeness (QED) is 0.756. The van der Waals surface area contributed by atoms with Crippen molar-refractivity contribution in [2.75, 3.05) is 25.4 Å². The lowest BCUT2D eigenvalue weighted by Crippen LogP contribution is -2.32. The fraction of sp³-hybridized carbons (Fsp3) is 0.500. The highest BCUT2D eigenvalue weighted by Gasteiger charge is 2.22. The van der Waals surface area contributed by atoms with Gasteiger partial charge in [-0.15, -0.1) is 0 Å². The summed E-state index contributed by atoms with van der Waals surface area (Å²) in [6.45, 7) is 4.25. The minimum absolute atomic E-state index is 0.0257. The second kappa shape index (κ2) is 6.17. The van der Waals surface area contributed by atoms with E-state index in [0.29, 0.717) is 25.2 Å². The van der Waals surface area contributed by atoms with Gasteiger partial charge in [0, 0.05) is 25.4 Å². The Labute approximate surface area is 108 Å². The van der Waals surface area contributed by atoms with Crippen molar-refractivity contribution in [2.45, 2.75) is 25.2 Å². The molecular weight excluding hydrogens is 252 g/mol. The summed E-state index contributed by atoms with van der Waals surface area (Å²) in [6, 6.07) is 4.73. The molecule has 6 heteroatoms. The fourth-order valence-corrected chi connectivity index (χ4v) is 3.15. The van der Waals surface area contributed by atoms with Gasteiger partial charge in [0.05, 0.1) is 4.90 Å². The Hall–Kier alpha value is -1.11. The molecule has 0 aliphatic rings. The summed E-state index contributed by atoms with van der Waals surface area (Å²) in [4.78, 5) is 0.199. The molecule has 1 aromatic rings. The molecule has 0 saturated carbocycles. The van der Waals surface area contributed by atoms with Crippen LogP contribution in [0.15, 0.2) is 23.1 Å². The number of hydrogen-bond acceptors (Lipinski definition) is 4. The van der Waals surface area contributed by atoms with Crippen molar-refractivity contribution >= 4 is 15.7 Å². The number of anilines is 1. The first-order valence-electron chi connectivity index (χ1n) is 5.90. The number of aryl methyl sites for hydroxylation is 1. The molecule has 0 saturated heterocycles. The lowest BCUT2D eigenvalue weighted by Gasteiger charge is -2.20. The normalized spacial score (nSPS) is 12.0. The van der Waals surface area contributed by atoms with Crippen molar-refractivity contribution in [3.8, 4) is 0 Å². The molecule has 0 aliphatic carbocycles. The van der Waals surface area contributed by atoms with Crippen molar-refractivity contribution in [2.24, 2.45) is 0 Å². The van der Waals surface area contributed by atoms with Crippen molar-refractivity contribution < 1.29 is 13.5 Å². The topological polar surface area (TPSA) is 83.6 Å². The highest BCUT2D eigenvalue weighted by molar-refractivity contribution is 7.89. The molecule has 1 rings (SSSR count). The van der Waals surface area contributed by atoms with Gasteiger partial charge in [0.15, 0.2) is 0 Å². The molecule has 0 fully saturated rings. The predicted molar refractivity (Wildman–Crippen MR) is 71.7 cm³/mol. The number of nitrogen functional groups attached to an aromatic ring is 1. The van der Waals surface area contributed by atoms with Crippen LogP contribution in [0.3, 0.4) is 0 Å². The molecule has 102 valence electrons. The summed E-state index contributed by atoms with van der Waals surface area (Å²) in [5, 5.41) is 8.79. The van der Waals surface area contributed by atoms with E-state index in [9.17, 15) is 8.42 Å². The number of sulfonamides is 1. The third kappa shape index (κ3) is 3.22. The minimum atomic E-state index is -3.52. The molecule has 0 unspecified atom stereocenters. The molecule has 5 nitrogen and oxygen atoms in total. The van der Waals surface area contributed by atoms with Crippen molar-refractivity contribution in [1.82, 2.24) is 4.31 Å². The number of benzene rings is 1. The third-order valence-electron chi connectivity index (χ3n) is 2.81. The molecule has 0 aliphatic heterocycles. The zero-order valence-corrected chi connectivity index (χ0v) is 11.6. The average Bonchev–Trinajstić information content (AvgIpc) is 2.33. The van der Waals surface area contributed by atoms with Crippen LogP contribution in [0.4, 0.5) is 5.69 Å². The molecule has 1 aromatic carbocycles. The van der Waals surface area contributed by atoms with Crippen LogP contribution in [0.25, 0.3) is 0 Å². The van der Waals surface area contributed by atoms with Gasteiger partial charge < -0.3 is 10.8 Å². The lowest BCUT2D eigenvalue weighted by molar-refractivity contribution is 0.271. The summed E-state index contributed by atoms with van der Waals surface area (Å²) in [6.07, 6.45) is 0.425. The van der Waals surface area contributed by atoms with E-state index in [1.807, 2.05) is 6.92 Å². The molecule has 0 radical (unpaired) electrons. The molecule has 0 spiro atoms. The molecule has 18 heavy (non-hydrogen) atoms. The predicted octanol–water partition coefficient (Wildman–Crippen LogP) is 0.970. The standard InChI is InChI=1S/C12H20N2O3S/c1-3-14(7-4-8-15)18(16,17)11-6-5-10(2)12(13)9-11/h5-6,9,15H,3-4,7-8,13H2,1-2H3. The highest BCUT2D eigenvalue weighted by atomic mass is 32.2. The van der Waals surface area contributed by atoms with Crippen LogP contribution in [0.1, 0.15) is 18.9 Å². The van der Waals surface area contributed by atoms with Crippen LogP contribution in [-0.2, 0) is 10.0 Å². The Balaban J connectivity index is 3.06. The van der Waals surface area contributed by atoms with Crippen LogP contribution in [0.2, 0.25) is 0 Å². The van der Waals surface area contributed by atoms with Gasteiger partial charge in [-0.25, -0.2) is 8.42 Å². The Morgan fingerprint density at radius 1 is 1.39 bits per heavy atom. The first kappa shape index (κ1) is 14.9. The number of nitrogens with two attached hydrogens (primary N) is 1. The monoisotopic (exact) mass is 272 g/mol. The van der Waals surface area contributed by atoms with E-state index in [4.69, 9.17) is 10.8 Å². The van der Waals surface area contributed by atoms with Crippen LogP contribution in [0, 0.1) is 6.92 Å². The Morgan fingerprint density at radius 3 is 2.56 bits per heavy atom. The number of nitrogens with zero attached hydrogens (tertiary/aromatic N) is 1. The summed E-state index contributed by atoms with van der Waals surface area (Å²) >= 11 is 0. The zero-order valence-electron chi connectivity index (χ0n) is 10.8. The van der Waals surface area contributed by atoms with Crippen LogP contribution in [0.5, 0.6) is 0 Å². The Kier molecular flexibility index (Phi) is 5.13. The van der Waals surface area contributed by atoms with E-state index in [2.05, 4.69) is 0 Å². The Morgan fingerprint density at radius 2 is 2.06 bits per heavy atom. The first-order valence-corrected chi connectivity index (χ1v) is 7.34. The van der Waals surface area contributed by atoms with Gasteiger partial charge in [-0.3, -0.25) is 0 Å². The van der Waals surface area contributed by atoms with E-state index in [0.717, 1.165) is 5.56 Å². The smallest absolute Gasteiger partial charge is 0.243 e. The van der Waals surface area contributed by atoms with Gasteiger partial charge in [0.1, 0.15) is 0 Å². The van der Waals surface area contributed by atoms with E-state index < -0.39 is 10.0 Å². The van der Waals surface area contributed by atoms with Crippen LogP contribution in [-0.4, -0.2) is 37.5 Å². The highest BCUT2D eigenvalue weighted by Crippen LogP contribution is 2.20. The molecular formula is C12H20N2O3S. The largest absolute Gasteiger partial charge is 0.398 e. The third-order valence-corrected chi connectivity index (χ3v) is 4.78. The van der Waals surface area contributed by atoms with Crippen LogP contribution >= 0.6 is 0 Å². The average molecular weight is 272 g/mol. The summed E-state index contributed by atoms with van der Waals surface area (Å²) in [7, 11) is -3.52. The Bertz CT molecular complexity index is 500. The molecule has 0 amide bonds. The zero-order chi connectivity index (χ0) is 13.8. The first-order chi connectivity index (χ1) is 8.43. The van der Waals surface area contributed by atoms with Gasteiger partial charge in [0.2, 0.25) is 10.0 Å². The van der Waals surface area contributed by atoms with Gasteiger partial charge >= 0.3 is 0 Å². The minimum Gasteiger partial charge on any atom is -0.398 e. The molecule has 0 aromatic heterocycles. The SMILES string of the molecule is CCN(CCCO)S(=O)(=O)c1ccc(C)c(N)c1. The van der Waals surface area contributed by atoms with Crippen molar-refractivity contribution in [3.63, 3.8) is 0 Å². The second-order valence-electron chi connectivity index (χ2n) is 4.09. The summed E-state index contributed by atoms with van der Waals surface area (Å²) in [5.74, 6) is 0. The maximum absolute atomic E-state index is 12.3. The molecule has 0 bridgehead atoms. The summed E-state index contributed by atoms with van der Waals surface area (Å²) in [5.41, 5.74) is 7.06. The fourth-order valence-electron chi connectivity index (χ4n) is 1.62. The van der Waals surface area contributed by atoms with E-state index in [-0.39, 0.29) is 11.5 Å². The number of aliphatic hydroxyl groups is 1. The van der Waals surface area contributed by atoms with Gasteiger partial charge in [-0.1, -0.05) is 13.0 Å². The second-order valence-corrected chi connectivity index (χ2v) is 6.03. The molecule has 0 heterocycles. The number of rotatable bonds is 6. The van der Waals surface area contributed by atoms with Crippen molar-refractivity contribution in [1.29, 1.82) is 0 Å².